The average molecular weight is 434 g/mol. The van der Waals surface area contributed by atoms with Gasteiger partial charge in [-0.1, -0.05) is 24.3 Å². The Morgan fingerprint density at radius 3 is 2.56 bits per heavy atom. The van der Waals surface area contributed by atoms with Crippen molar-refractivity contribution in [2.75, 3.05) is 6.54 Å². The number of carbonyl (C=O) groups is 2. The van der Waals surface area contributed by atoms with Crippen LogP contribution >= 0.6 is 0 Å². The Hall–Kier alpha value is -4.23. The van der Waals surface area contributed by atoms with E-state index in [1.54, 1.807) is 0 Å². The Kier molecular flexibility index (Phi) is 7.51. The number of benzene rings is 1. The Balaban J connectivity index is 0.000000427. The highest BCUT2D eigenvalue weighted by molar-refractivity contribution is 6.27. The third-order valence-electron chi connectivity index (χ3n) is 4.74. The van der Waals surface area contributed by atoms with Crippen LogP contribution in [0.5, 0.6) is 0 Å². The van der Waals surface area contributed by atoms with E-state index in [1.807, 2.05) is 34.9 Å². The van der Waals surface area contributed by atoms with Gasteiger partial charge in [-0.25, -0.2) is 9.59 Å². The first-order valence-corrected chi connectivity index (χ1v) is 9.90. The van der Waals surface area contributed by atoms with Gasteiger partial charge in [0, 0.05) is 49.4 Å². The third-order valence-corrected chi connectivity index (χ3v) is 4.74. The summed E-state index contributed by atoms with van der Waals surface area (Å²) in [6.45, 7) is 2.34. The van der Waals surface area contributed by atoms with Crippen molar-refractivity contribution in [3.63, 3.8) is 0 Å². The van der Waals surface area contributed by atoms with Crippen molar-refractivity contribution in [2.24, 2.45) is 0 Å². The highest BCUT2D eigenvalue weighted by Crippen LogP contribution is 2.21. The van der Waals surface area contributed by atoms with E-state index in [0.29, 0.717) is 6.42 Å². The molecule has 0 radical (unpaired) electrons. The fourth-order valence-corrected chi connectivity index (χ4v) is 3.30. The number of hydrogen-bond acceptors (Lipinski definition) is 6. The monoisotopic (exact) mass is 434 g/mol. The molecule has 3 N–H and O–H groups in total. The maximum absolute atomic E-state index is 9.10. The van der Waals surface area contributed by atoms with E-state index in [2.05, 4.69) is 50.5 Å². The molecule has 10 nitrogen and oxygen atoms in total. The second kappa shape index (κ2) is 10.7. The van der Waals surface area contributed by atoms with E-state index in [0.717, 1.165) is 37.5 Å². The van der Waals surface area contributed by atoms with Crippen molar-refractivity contribution in [2.45, 2.75) is 25.9 Å². The van der Waals surface area contributed by atoms with Crippen LogP contribution in [0, 0.1) is 11.3 Å². The van der Waals surface area contributed by atoms with E-state index in [4.69, 9.17) is 25.1 Å². The largest absolute Gasteiger partial charge is 0.473 e. The minimum atomic E-state index is -1.82. The Labute approximate surface area is 183 Å². The number of hydrogen-bond donors (Lipinski definition) is 3. The molecule has 3 aromatic heterocycles. The number of fused-ring (bicyclic) bond motifs is 2. The first kappa shape index (κ1) is 22.5. The van der Waals surface area contributed by atoms with Gasteiger partial charge in [0.15, 0.2) is 5.65 Å². The molecule has 4 rings (SSSR count). The van der Waals surface area contributed by atoms with Crippen molar-refractivity contribution in [3.8, 4) is 6.07 Å². The zero-order valence-electron chi connectivity index (χ0n) is 17.2. The maximum Gasteiger partial charge on any atom is 0.414 e. The predicted molar refractivity (Wildman–Crippen MR) is 116 cm³/mol. The standard InChI is InChI=1S/C20H20N6.C2H2O4/c21-10-5-12-25-15-16(17-6-1-2-7-18(17)25)14-22-11-9-20-24-23-19-8-3-4-13-26(19)20;3-1(4)2(5)6/h1-4,6-8,13,15,22H,5,9,11-12,14H2;(H,3,4)(H,5,6). The van der Waals surface area contributed by atoms with Crippen molar-refractivity contribution >= 4 is 28.5 Å². The van der Waals surface area contributed by atoms with Crippen LogP contribution in [-0.4, -0.2) is 47.9 Å². The molecule has 0 bridgehead atoms. The first-order chi connectivity index (χ1) is 15.5. The van der Waals surface area contributed by atoms with Crippen LogP contribution in [0.15, 0.2) is 54.9 Å². The Morgan fingerprint density at radius 1 is 1.06 bits per heavy atom. The van der Waals surface area contributed by atoms with Gasteiger partial charge in [0.2, 0.25) is 0 Å². The highest BCUT2D eigenvalue weighted by Gasteiger charge is 2.08. The lowest BCUT2D eigenvalue weighted by atomic mass is 10.2. The number of para-hydroxylation sites is 1. The topological polar surface area (TPSA) is 146 Å². The van der Waals surface area contributed by atoms with Gasteiger partial charge >= 0.3 is 11.9 Å². The predicted octanol–water partition coefficient (Wildman–Crippen LogP) is 2.09. The van der Waals surface area contributed by atoms with Crippen molar-refractivity contribution in [1.29, 1.82) is 5.26 Å². The molecule has 0 saturated carbocycles. The first-order valence-electron chi connectivity index (χ1n) is 9.90. The van der Waals surface area contributed by atoms with E-state index in [9.17, 15) is 0 Å². The number of aromatic nitrogens is 4. The number of nitrogens with one attached hydrogen (secondary N) is 1. The summed E-state index contributed by atoms with van der Waals surface area (Å²) in [5, 5.41) is 36.8. The third kappa shape index (κ3) is 5.47. The minimum Gasteiger partial charge on any atom is -0.473 e. The molecule has 0 amide bonds. The number of pyridine rings is 1. The summed E-state index contributed by atoms with van der Waals surface area (Å²) in [5.74, 6) is -2.69. The van der Waals surface area contributed by atoms with Gasteiger partial charge in [0.1, 0.15) is 5.82 Å². The van der Waals surface area contributed by atoms with Gasteiger partial charge in [-0.15, -0.1) is 10.2 Å². The summed E-state index contributed by atoms with van der Waals surface area (Å²) in [4.78, 5) is 18.2. The van der Waals surface area contributed by atoms with Crippen LogP contribution in [0.25, 0.3) is 16.6 Å². The van der Waals surface area contributed by atoms with E-state index >= 15 is 0 Å². The normalized spacial score (nSPS) is 10.5. The minimum absolute atomic E-state index is 0.519. The number of aliphatic carboxylic acids is 2. The molecule has 0 fully saturated rings. The molecule has 0 spiro atoms. The molecular formula is C22H22N6O4. The molecule has 0 atom stereocenters. The van der Waals surface area contributed by atoms with Gasteiger partial charge in [0.05, 0.1) is 12.5 Å². The second-order valence-corrected chi connectivity index (χ2v) is 6.86. The summed E-state index contributed by atoms with van der Waals surface area (Å²) in [7, 11) is 0. The zero-order chi connectivity index (χ0) is 22.9. The Bertz CT molecular complexity index is 1260. The van der Waals surface area contributed by atoms with E-state index < -0.39 is 11.9 Å². The van der Waals surface area contributed by atoms with E-state index in [1.165, 1.54) is 16.5 Å². The Morgan fingerprint density at radius 2 is 1.81 bits per heavy atom. The van der Waals surface area contributed by atoms with E-state index in [-0.39, 0.29) is 0 Å². The number of carboxylic acids is 2. The van der Waals surface area contributed by atoms with Crippen LogP contribution < -0.4 is 5.32 Å². The fourth-order valence-electron chi connectivity index (χ4n) is 3.30. The molecule has 0 aliphatic rings. The van der Waals surface area contributed by atoms with Crippen LogP contribution in [0.2, 0.25) is 0 Å². The summed E-state index contributed by atoms with van der Waals surface area (Å²) in [5.41, 5.74) is 3.32. The molecule has 10 heteroatoms. The summed E-state index contributed by atoms with van der Waals surface area (Å²) >= 11 is 0. The fraction of sp³-hybridized carbons (Fsp3) is 0.227. The van der Waals surface area contributed by atoms with Gasteiger partial charge in [-0.3, -0.25) is 4.40 Å². The number of nitriles is 1. The van der Waals surface area contributed by atoms with Gasteiger partial charge in [-0.05, 0) is 23.8 Å². The molecule has 0 saturated heterocycles. The van der Waals surface area contributed by atoms with Crippen LogP contribution in [-0.2, 0) is 29.1 Å². The summed E-state index contributed by atoms with van der Waals surface area (Å²) in [6.07, 6.45) is 5.48. The van der Waals surface area contributed by atoms with Gasteiger partial charge in [0.25, 0.3) is 0 Å². The summed E-state index contributed by atoms with van der Waals surface area (Å²) < 4.78 is 4.19. The maximum atomic E-state index is 9.10. The van der Waals surface area contributed by atoms with Crippen molar-refractivity contribution in [1.82, 2.24) is 24.5 Å². The highest BCUT2D eigenvalue weighted by atomic mass is 16.4. The second-order valence-electron chi connectivity index (χ2n) is 6.86. The van der Waals surface area contributed by atoms with Gasteiger partial charge < -0.3 is 20.1 Å². The number of carboxylic acid groups (broad SMARTS) is 2. The summed E-state index contributed by atoms with van der Waals surface area (Å²) in [6, 6.07) is 16.5. The van der Waals surface area contributed by atoms with Crippen molar-refractivity contribution in [3.05, 3.63) is 66.2 Å². The van der Waals surface area contributed by atoms with Crippen LogP contribution in [0.4, 0.5) is 0 Å². The molecule has 32 heavy (non-hydrogen) atoms. The number of aryl methyl sites for hydroxylation is 1. The quantitative estimate of drug-likeness (QED) is 0.296. The lowest BCUT2D eigenvalue weighted by molar-refractivity contribution is -0.159. The lowest BCUT2D eigenvalue weighted by Gasteiger charge is -2.03. The van der Waals surface area contributed by atoms with Crippen LogP contribution in [0.1, 0.15) is 17.8 Å². The molecule has 0 unspecified atom stereocenters. The molecule has 164 valence electrons. The molecule has 0 aliphatic heterocycles. The van der Waals surface area contributed by atoms with Gasteiger partial charge in [-0.2, -0.15) is 5.26 Å². The molecular weight excluding hydrogens is 412 g/mol. The lowest BCUT2D eigenvalue weighted by Crippen LogP contribution is -2.17. The SMILES string of the molecule is N#CCCn1cc(CNCCc2nnc3ccccn23)c2ccccc21.O=C(O)C(=O)O. The molecule has 1 aromatic carbocycles. The molecule has 0 aliphatic carbocycles. The smallest absolute Gasteiger partial charge is 0.414 e. The average Bonchev–Trinajstić information content (AvgIpc) is 3.37. The van der Waals surface area contributed by atoms with Crippen LogP contribution in [0.3, 0.4) is 0 Å². The zero-order valence-corrected chi connectivity index (χ0v) is 17.2. The van der Waals surface area contributed by atoms with Crippen molar-refractivity contribution < 1.29 is 19.8 Å². The number of rotatable bonds is 7. The number of nitrogens with zero attached hydrogens (tertiary/aromatic N) is 5. The molecule has 4 aromatic rings. The molecule has 3 heterocycles.